The van der Waals surface area contributed by atoms with E-state index in [1.165, 1.54) is 25.1 Å². The largest absolute Gasteiger partial charge is 0.486 e. The van der Waals surface area contributed by atoms with E-state index in [1.54, 1.807) is 0 Å². The fourth-order valence-corrected chi connectivity index (χ4v) is 3.11. The first kappa shape index (κ1) is 14.7. The number of fused-ring (bicyclic) bond motifs is 1. The minimum atomic E-state index is 0.659. The van der Waals surface area contributed by atoms with Crippen LogP contribution in [0.5, 0.6) is 11.5 Å². The molecule has 4 heteroatoms. The van der Waals surface area contributed by atoms with Gasteiger partial charge in [0.05, 0.1) is 0 Å². The number of hydrogen-bond donors (Lipinski definition) is 1. The fraction of sp³-hybridized carbons (Fsp3) is 0.647. The van der Waals surface area contributed by atoms with Gasteiger partial charge in [-0.1, -0.05) is 13.0 Å². The van der Waals surface area contributed by atoms with Crippen LogP contribution in [0.4, 0.5) is 0 Å². The summed E-state index contributed by atoms with van der Waals surface area (Å²) in [5.74, 6) is 2.52. The van der Waals surface area contributed by atoms with E-state index in [9.17, 15) is 0 Å². The van der Waals surface area contributed by atoms with E-state index >= 15 is 0 Å². The standard InChI is InChI=1S/C17H26N2O2/c1-14-12-18-6-2-7-19(13-14)8-5-15-3-4-16-17(11-15)21-10-9-20-16/h3-4,11,14,18H,2,5-10,12-13H2,1H3. The Hall–Kier alpha value is -1.26. The highest BCUT2D eigenvalue weighted by Crippen LogP contribution is 2.30. The summed E-state index contributed by atoms with van der Waals surface area (Å²) in [6.45, 7) is 9.45. The van der Waals surface area contributed by atoms with Crippen LogP contribution in [0.2, 0.25) is 0 Å². The van der Waals surface area contributed by atoms with Gasteiger partial charge in [0.2, 0.25) is 0 Å². The number of rotatable bonds is 3. The van der Waals surface area contributed by atoms with E-state index in [2.05, 4.69) is 29.3 Å². The highest BCUT2D eigenvalue weighted by Gasteiger charge is 2.15. The molecule has 1 atom stereocenters. The average Bonchev–Trinajstić information content (AvgIpc) is 2.49. The molecule has 21 heavy (non-hydrogen) atoms. The Balaban J connectivity index is 1.56. The number of benzene rings is 1. The molecule has 2 heterocycles. The van der Waals surface area contributed by atoms with Crippen molar-refractivity contribution >= 4 is 0 Å². The second-order valence-electron chi connectivity index (χ2n) is 6.19. The molecule has 2 aliphatic rings. The maximum Gasteiger partial charge on any atom is 0.161 e. The molecule has 2 aliphatic heterocycles. The van der Waals surface area contributed by atoms with E-state index in [-0.39, 0.29) is 0 Å². The second kappa shape index (κ2) is 7.14. The van der Waals surface area contributed by atoms with Crippen molar-refractivity contribution in [3.8, 4) is 11.5 Å². The van der Waals surface area contributed by atoms with Crippen molar-refractivity contribution in [1.82, 2.24) is 10.2 Å². The Morgan fingerprint density at radius 2 is 2.10 bits per heavy atom. The summed E-state index contributed by atoms with van der Waals surface area (Å²) in [6.07, 6.45) is 2.32. The normalized spacial score (nSPS) is 23.4. The van der Waals surface area contributed by atoms with Gasteiger partial charge >= 0.3 is 0 Å². The van der Waals surface area contributed by atoms with Crippen LogP contribution in [0.25, 0.3) is 0 Å². The molecule has 1 aromatic carbocycles. The first-order chi connectivity index (χ1) is 10.3. The molecule has 1 saturated heterocycles. The molecule has 0 radical (unpaired) electrons. The molecule has 0 aliphatic carbocycles. The summed E-state index contributed by atoms with van der Waals surface area (Å²) < 4.78 is 11.2. The lowest BCUT2D eigenvalue weighted by Gasteiger charge is -2.28. The van der Waals surface area contributed by atoms with E-state index in [4.69, 9.17) is 9.47 Å². The lowest BCUT2D eigenvalue weighted by atomic mass is 10.1. The third-order valence-electron chi connectivity index (χ3n) is 4.21. The zero-order chi connectivity index (χ0) is 14.5. The van der Waals surface area contributed by atoms with Crippen molar-refractivity contribution in [2.75, 3.05) is 45.9 Å². The molecule has 0 aromatic heterocycles. The molecule has 3 rings (SSSR count). The van der Waals surface area contributed by atoms with Crippen molar-refractivity contribution in [1.29, 1.82) is 0 Å². The highest BCUT2D eigenvalue weighted by atomic mass is 16.6. The van der Waals surface area contributed by atoms with Crippen molar-refractivity contribution in [2.24, 2.45) is 5.92 Å². The van der Waals surface area contributed by atoms with Crippen LogP contribution < -0.4 is 14.8 Å². The predicted octanol–water partition coefficient (Wildman–Crippen LogP) is 1.93. The van der Waals surface area contributed by atoms with Gasteiger partial charge in [0.15, 0.2) is 11.5 Å². The van der Waals surface area contributed by atoms with E-state index in [0.29, 0.717) is 13.2 Å². The number of nitrogens with one attached hydrogen (secondary N) is 1. The monoisotopic (exact) mass is 290 g/mol. The zero-order valence-corrected chi connectivity index (χ0v) is 12.9. The van der Waals surface area contributed by atoms with E-state index < -0.39 is 0 Å². The average molecular weight is 290 g/mol. The maximum absolute atomic E-state index is 5.66. The molecule has 0 amide bonds. The van der Waals surface area contributed by atoms with Gasteiger partial charge in [0.1, 0.15) is 13.2 Å². The Labute approximate surface area is 127 Å². The number of nitrogens with zero attached hydrogens (tertiary/aromatic N) is 1. The lowest BCUT2D eigenvalue weighted by molar-refractivity contribution is 0.171. The third-order valence-corrected chi connectivity index (χ3v) is 4.21. The number of ether oxygens (including phenoxy) is 2. The van der Waals surface area contributed by atoms with Crippen LogP contribution in [0, 0.1) is 5.92 Å². The van der Waals surface area contributed by atoms with Crippen molar-refractivity contribution < 1.29 is 9.47 Å². The predicted molar refractivity (Wildman–Crippen MR) is 84.2 cm³/mol. The molecule has 0 bridgehead atoms. The highest BCUT2D eigenvalue weighted by molar-refractivity contribution is 5.43. The topological polar surface area (TPSA) is 33.7 Å². The lowest BCUT2D eigenvalue weighted by Crippen LogP contribution is -2.39. The maximum atomic E-state index is 5.66. The van der Waals surface area contributed by atoms with Gasteiger partial charge in [-0.15, -0.1) is 0 Å². The van der Waals surface area contributed by atoms with Gasteiger partial charge in [-0.3, -0.25) is 0 Å². The molecule has 1 N–H and O–H groups in total. The summed E-state index contributed by atoms with van der Waals surface area (Å²) >= 11 is 0. The third kappa shape index (κ3) is 4.11. The van der Waals surface area contributed by atoms with Gasteiger partial charge in [-0.2, -0.15) is 0 Å². The van der Waals surface area contributed by atoms with E-state index in [1.807, 2.05) is 6.07 Å². The first-order valence-electron chi connectivity index (χ1n) is 8.13. The molecule has 4 nitrogen and oxygen atoms in total. The minimum absolute atomic E-state index is 0.659. The summed E-state index contributed by atoms with van der Waals surface area (Å²) in [7, 11) is 0. The van der Waals surface area contributed by atoms with Gasteiger partial charge in [-0.05, 0) is 56.1 Å². The summed E-state index contributed by atoms with van der Waals surface area (Å²) in [4.78, 5) is 2.60. The SMILES string of the molecule is CC1CNCCCN(CCc2ccc3c(c2)OCCO3)C1. The van der Waals surface area contributed by atoms with Gasteiger partial charge in [0.25, 0.3) is 0 Å². The molecule has 1 aromatic rings. The summed E-state index contributed by atoms with van der Waals surface area (Å²) in [5, 5.41) is 3.51. The Morgan fingerprint density at radius 1 is 1.24 bits per heavy atom. The smallest absolute Gasteiger partial charge is 0.161 e. The zero-order valence-electron chi connectivity index (χ0n) is 12.9. The minimum Gasteiger partial charge on any atom is -0.486 e. The van der Waals surface area contributed by atoms with Crippen LogP contribution in [0.15, 0.2) is 18.2 Å². The van der Waals surface area contributed by atoms with Crippen LogP contribution >= 0.6 is 0 Å². The molecular weight excluding hydrogens is 264 g/mol. The van der Waals surface area contributed by atoms with E-state index in [0.717, 1.165) is 43.5 Å². The van der Waals surface area contributed by atoms with Crippen molar-refractivity contribution in [2.45, 2.75) is 19.8 Å². The molecule has 1 unspecified atom stereocenters. The van der Waals surface area contributed by atoms with Crippen LogP contribution in [-0.2, 0) is 6.42 Å². The Morgan fingerprint density at radius 3 is 3.00 bits per heavy atom. The molecule has 1 fully saturated rings. The summed E-state index contributed by atoms with van der Waals surface area (Å²) in [5.41, 5.74) is 1.34. The second-order valence-corrected chi connectivity index (χ2v) is 6.19. The Bertz CT molecular complexity index is 464. The fourth-order valence-electron chi connectivity index (χ4n) is 3.11. The van der Waals surface area contributed by atoms with Crippen molar-refractivity contribution in [3.05, 3.63) is 23.8 Å². The quantitative estimate of drug-likeness (QED) is 0.922. The molecular formula is C17H26N2O2. The Kier molecular flexibility index (Phi) is 4.99. The summed E-state index contributed by atoms with van der Waals surface area (Å²) in [6, 6.07) is 6.36. The van der Waals surface area contributed by atoms with Crippen molar-refractivity contribution in [3.63, 3.8) is 0 Å². The van der Waals surface area contributed by atoms with Crippen LogP contribution in [0.3, 0.4) is 0 Å². The first-order valence-corrected chi connectivity index (χ1v) is 8.13. The molecule has 116 valence electrons. The molecule has 0 spiro atoms. The van der Waals surface area contributed by atoms with Crippen LogP contribution in [-0.4, -0.2) is 50.8 Å². The molecule has 0 saturated carbocycles. The van der Waals surface area contributed by atoms with Gasteiger partial charge in [-0.25, -0.2) is 0 Å². The van der Waals surface area contributed by atoms with Gasteiger partial charge in [0, 0.05) is 13.1 Å². The number of hydrogen-bond acceptors (Lipinski definition) is 4. The van der Waals surface area contributed by atoms with Crippen LogP contribution in [0.1, 0.15) is 18.9 Å². The van der Waals surface area contributed by atoms with Gasteiger partial charge < -0.3 is 19.7 Å².